The van der Waals surface area contributed by atoms with Gasteiger partial charge in [-0.05, 0) is 32.6 Å². The smallest absolute Gasteiger partial charge is 0.222 e. The van der Waals surface area contributed by atoms with Crippen LogP contribution < -0.4 is 5.32 Å². The maximum Gasteiger partial charge on any atom is 0.222 e. The second-order valence-electron chi connectivity index (χ2n) is 7.81. The molecule has 0 spiro atoms. The molecule has 1 aliphatic carbocycles. The lowest BCUT2D eigenvalue weighted by molar-refractivity contribution is -0.127. The number of Topliss-reactive ketones (excluding diaryl/α,β-unsaturated/α-hetero) is 1. The van der Waals surface area contributed by atoms with E-state index in [9.17, 15) is 9.59 Å². The Hall–Kier alpha value is -1.44. The molecule has 7 nitrogen and oxygen atoms in total. The van der Waals surface area contributed by atoms with Crippen LogP contribution in [0.2, 0.25) is 0 Å². The predicted molar refractivity (Wildman–Crippen MR) is 112 cm³/mol. The van der Waals surface area contributed by atoms with Gasteiger partial charge in [0.05, 0.1) is 45.4 Å². The molecule has 1 saturated carbocycles. The van der Waals surface area contributed by atoms with E-state index < -0.39 is 0 Å². The lowest BCUT2D eigenvalue weighted by Crippen LogP contribution is -2.39. The molecule has 1 aliphatic rings. The summed E-state index contributed by atoms with van der Waals surface area (Å²) in [5.41, 5.74) is 0. The monoisotopic (exact) mass is 413 g/mol. The molecule has 29 heavy (non-hydrogen) atoms. The average molecular weight is 414 g/mol. The van der Waals surface area contributed by atoms with E-state index >= 15 is 0 Å². The van der Waals surface area contributed by atoms with Gasteiger partial charge in [0.15, 0.2) is 0 Å². The Balaban J connectivity index is 1.91. The Kier molecular flexibility index (Phi) is 13.6. The number of rotatable bonds is 16. The molecule has 0 aromatic carbocycles. The summed E-state index contributed by atoms with van der Waals surface area (Å²) in [6.07, 6.45) is 3.85. The maximum absolute atomic E-state index is 12.0. The Bertz CT molecular complexity index is 486. The van der Waals surface area contributed by atoms with Gasteiger partial charge in [-0.2, -0.15) is 0 Å². The second kappa shape index (κ2) is 15.4. The molecule has 0 bridgehead atoms. The summed E-state index contributed by atoms with van der Waals surface area (Å²) in [5.74, 6) is 1.31. The molecule has 168 valence electrons. The van der Waals surface area contributed by atoms with E-state index in [1.165, 1.54) is 0 Å². The zero-order valence-corrected chi connectivity index (χ0v) is 18.4. The molecule has 1 N–H and O–H groups in total. The fourth-order valence-electron chi connectivity index (χ4n) is 3.28. The first-order valence-corrected chi connectivity index (χ1v) is 10.7. The first kappa shape index (κ1) is 25.6. The molecule has 1 rings (SSSR count). The molecule has 1 amide bonds. The highest BCUT2D eigenvalue weighted by molar-refractivity contribution is 5.83. The van der Waals surface area contributed by atoms with E-state index in [4.69, 9.17) is 18.9 Å². The third-order valence-corrected chi connectivity index (χ3v) is 4.86. The molecule has 0 aliphatic heterocycles. The number of amides is 1. The van der Waals surface area contributed by atoms with Crippen molar-refractivity contribution >= 4 is 11.7 Å². The van der Waals surface area contributed by atoms with E-state index in [0.717, 1.165) is 25.7 Å². The van der Waals surface area contributed by atoms with Crippen LogP contribution in [0.4, 0.5) is 0 Å². The highest BCUT2D eigenvalue weighted by atomic mass is 16.6. The number of carbonyl (C=O) groups excluding carboxylic acids is 2. The molecule has 0 heterocycles. The van der Waals surface area contributed by atoms with Gasteiger partial charge in [-0.25, -0.2) is 0 Å². The van der Waals surface area contributed by atoms with Crippen molar-refractivity contribution in [2.24, 2.45) is 11.8 Å². The molecule has 0 radical (unpaired) electrons. The van der Waals surface area contributed by atoms with Crippen molar-refractivity contribution in [3.05, 3.63) is 12.3 Å². The van der Waals surface area contributed by atoms with Crippen LogP contribution in [0.15, 0.2) is 12.3 Å². The van der Waals surface area contributed by atoms with Gasteiger partial charge in [0.2, 0.25) is 5.91 Å². The van der Waals surface area contributed by atoms with Crippen LogP contribution in [0.1, 0.15) is 52.9 Å². The number of hydrogen-bond acceptors (Lipinski definition) is 6. The third kappa shape index (κ3) is 12.7. The summed E-state index contributed by atoms with van der Waals surface area (Å²) in [4.78, 5) is 24.1. The first-order chi connectivity index (χ1) is 13.9. The molecular weight excluding hydrogens is 374 g/mol. The average Bonchev–Trinajstić information content (AvgIpc) is 2.68. The third-order valence-electron chi connectivity index (χ3n) is 4.86. The predicted octanol–water partition coefficient (Wildman–Crippen LogP) is 2.88. The van der Waals surface area contributed by atoms with Crippen LogP contribution in [0.3, 0.4) is 0 Å². The lowest BCUT2D eigenvalue weighted by Gasteiger charge is -2.29. The van der Waals surface area contributed by atoms with Crippen molar-refractivity contribution < 1.29 is 28.5 Å². The number of nitrogens with one attached hydrogen (secondary N) is 1. The van der Waals surface area contributed by atoms with Crippen LogP contribution in [-0.2, 0) is 28.5 Å². The largest absolute Gasteiger partial charge is 0.496 e. The SMILES string of the molecule is C=C(C)OCCOCCOCCOCCC(=O)NC1CCC(C(=O)C(C)C)CC1. The number of allylic oxidation sites excluding steroid dienone is 1. The Morgan fingerprint density at radius 1 is 0.897 bits per heavy atom. The van der Waals surface area contributed by atoms with Crippen molar-refractivity contribution in [1.82, 2.24) is 5.32 Å². The zero-order valence-electron chi connectivity index (χ0n) is 18.4. The fraction of sp³-hybridized carbons (Fsp3) is 0.818. The minimum atomic E-state index is 0.00920. The van der Waals surface area contributed by atoms with Gasteiger partial charge in [0.1, 0.15) is 12.4 Å². The topological polar surface area (TPSA) is 83.1 Å². The van der Waals surface area contributed by atoms with Gasteiger partial charge in [-0.3, -0.25) is 9.59 Å². The lowest BCUT2D eigenvalue weighted by atomic mass is 9.80. The Labute approximate surface area is 175 Å². The maximum atomic E-state index is 12.0. The summed E-state index contributed by atoms with van der Waals surface area (Å²) < 4.78 is 21.4. The highest BCUT2D eigenvalue weighted by Gasteiger charge is 2.28. The van der Waals surface area contributed by atoms with Gasteiger partial charge in [0, 0.05) is 24.3 Å². The molecule has 0 saturated heterocycles. The van der Waals surface area contributed by atoms with Crippen LogP contribution in [0.25, 0.3) is 0 Å². The molecule has 0 unspecified atom stereocenters. The normalized spacial score (nSPS) is 19.2. The minimum absolute atomic E-state index is 0.00920. The molecule has 1 fully saturated rings. The standard InChI is InChI=1S/C22H39NO6/c1-17(2)22(25)19-5-7-20(8-6-19)23-21(24)9-10-26-11-12-27-13-14-28-15-16-29-18(3)4/h17,19-20H,3,5-16H2,1-2,4H3,(H,23,24). The van der Waals surface area contributed by atoms with Crippen LogP contribution in [0, 0.1) is 11.8 Å². The number of hydrogen-bond donors (Lipinski definition) is 1. The van der Waals surface area contributed by atoms with E-state index in [0.29, 0.717) is 64.2 Å². The quantitative estimate of drug-likeness (QED) is 0.309. The summed E-state index contributed by atoms with van der Waals surface area (Å²) in [7, 11) is 0. The first-order valence-electron chi connectivity index (χ1n) is 10.7. The number of ether oxygens (including phenoxy) is 4. The summed E-state index contributed by atoms with van der Waals surface area (Å²) in [6, 6.07) is 0.183. The summed E-state index contributed by atoms with van der Waals surface area (Å²) in [5, 5.41) is 3.06. The zero-order chi connectivity index (χ0) is 21.5. The number of carbonyl (C=O) groups is 2. The molecular formula is C22H39NO6. The van der Waals surface area contributed by atoms with Crippen molar-refractivity contribution in [3.8, 4) is 0 Å². The molecule has 0 atom stereocenters. The van der Waals surface area contributed by atoms with E-state index in [2.05, 4.69) is 11.9 Å². The summed E-state index contributed by atoms with van der Waals surface area (Å²) in [6.45, 7) is 12.7. The van der Waals surface area contributed by atoms with Gasteiger partial charge in [-0.1, -0.05) is 20.4 Å². The van der Waals surface area contributed by atoms with Gasteiger partial charge >= 0.3 is 0 Å². The molecule has 0 aromatic heterocycles. The van der Waals surface area contributed by atoms with Crippen LogP contribution in [-0.4, -0.2) is 64.0 Å². The minimum Gasteiger partial charge on any atom is -0.496 e. The Morgan fingerprint density at radius 2 is 1.41 bits per heavy atom. The van der Waals surface area contributed by atoms with Crippen LogP contribution >= 0.6 is 0 Å². The van der Waals surface area contributed by atoms with Crippen molar-refractivity contribution in [2.45, 2.75) is 58.9 Å². The fourth-order valence-corrected chi connectivity index (χ4v) is 3.28. The highest BCUT2D eigenvalue weighted by Crippen LogP contribution is 2.27. The Morgan fingerprint density at radius 3 is 1.93 bits per heavy atom. The van der Waals surface area contributed by atoms with Crippen molar-refractivity contribution in [3.63, 3.8) is 0 Å². The molecule has 0 aromatic rings. The van der Waals surface area contributed by atoms with Crippen molar-refractivity contribution in [2.75, 3.05) is 46.2 Å². The second-order valence-corrected chi connectivity index (χ2v) is 7.81. The van der Waals surface area contributed by atoms with E-state index in [-0.39, 0.29) is 23.8 Å². The van der Waals surface area contributed by atoms with Gasteiger partial charge in [0.25, 0.3) is 0 Å². The van der Waals surface area contributed by atoms with Gasteiger partial charge in [-0.15, -0.1) is 0 Å². The van der Waals surface area contributed by atoms with E-state index in [1.54, 1.807) is 6.92 Å². The van der Waals surface area contributed by atoms with Crippen molar-refractivity contribution in [1.29, 1.82) is 0 Å². The van der Waals surface area contributed by atoms with E-state index in [1.807, 2.05) is 13.8 Å². The molecule has 7 heteroatoms. The number of ketones is 1. The van der Waals surface area contributed by atoms with Crippen LogP contribution in [0.5, 0.6) is 0 Å². The van der Waals surface area contributed by atoms with Gasteiger partial charge < -0.3 is 24.3 Å². The summed E-state index contributed by atoms with van der Waals surface area (Å²) >= 11 is 0.